The molecule has 1 saturated heterocycles. The molecule has 0 aromatic heterocycles. The zero-order valence-corrected chi connectivity index (χ0v) is 63.7. The van der Waals surface area contributed by atoms with Crippen molar-refractivity contribution in [2.24, 2.45) is 33.7 Å². The van der Waals surface area contributed by atoms with E-state index in [-0.39, 0.29) is 118 Å². The molecule has 0 bridgehead atoms. The van der Waals surface area contributed by atoms with Gasteiger partial charge in [-0.2, -0.15) is 0 Å². The number of nitrogens with zero attached hydrogens (tertiary/aromatic N) is 5. The van der Waals surface area contributed by atoms with E-state index in [0.29, 0.717) is 169 Å². The van der Waals surface area contributed by atoms with Gasteiger partial charge in [0, 0.05) is 87.8 Å². The summed E-state index contributed by atoms with van der Waals surface area (Å²) in [6.07, 6.45) is 19.8. The maximum Gasteiger partial charge on any atom is 0.260 e. The summed E-state index contributed by atoms with van der Waals surface area (Å²) in [5, 5.41) is 11.1. The van der Waals surface area contributed by atoms with Crippen LogP contribution in [0, 0.1) is 23.7 Å². The number of likely N-dealkylation sites (tertiary alicyclic amines) is 1. The van der Waals surface area contributed by atoms with Crippen molar-refractivity contribution in [1.82, 2.24) is 30.7 Å². The number of fused-ring (bicyclic) bond motifs is 4. The number of imide groups is 1. The minimum Gasteiger partial charge on any atom is -0.493 e. The molecule has 2 saturated carbocycles. The number of carbonyl (C=O) groups is 8. The molecule has 5 heterocycles. The van der Waals surface area contributed by atoms with Gasteiger partial charge >= 0.3 is 0 Å². The van der Waals surface area contributed by atoms with Crippen LogP contribution in [-0.2, 0) is 66.7 Å². The first-order chi connectivity index (χ1) is 53.1. The summed E-state index contributed by atoms with van der Waals surface area (Å²) in [6.45, 7) is 11.9. The molecule has 2 unspecified atom stereocenters. The molecule has 2 aliphatic carbocycles. The van der Waals surface area contributed by atoms with Crippen LogP contribution >= 0.6 is 0 Å². The number of aliphatic imine (C=N–C) groups is 2. The molecule has 29 heteroatoms. The van der Waals surface area contributed by atoms with Crippen molar-refractivity contribution in [2.45, 2.75) is 141 Å². The van der Waals surface area contributed by atoms with E-state index >= 15 is 0 Å². The Morgan fingerprint density at radius 3 is 1.55 bits per heavy atom. The zero-order chi connectivity index (χ0) is 76.9. The lowest BCUT2D eigenvalue weighted by atomic mass is 9.81. The number of ether oxygens (including phenoxy) is 12. The van der Waals surface area contributed by atoms with E-state index in [0.717, 1.165) is 43.2 Å². The minimum absolute atomic E-state index is 0.0160. The number of hydrogen-bond donors (Lipinski definition) is 4. The van der Waals surface area contributed by atoms with E-state index in [9.17, 15) is 38.4 Å². The van der Waals surface area contributed by atoms with Crippen molar-refractivity contribution in [3.05, 3.63) is 83.2 Å². The van der Waals surface area contributed by atoms with E-state index in [2.05, 4.69) is 21.3 Å². The fourth-order valence-electron chi connectivity index (χ4n) is 13.9. The fraction of sp³-hybridized carbons (Fsp3) is 0.600. The van der Waals surface area contributed by atoms with Crippen LogP contribution in [0.2, 0.25) is 0 Å². The van der Waals surface area contributed by atoms with E-state index < -0.39 is 23.9 Å². The van der Waals surface area contributed by atoms with Crippen LogP contribution in [-0.4, -0.2) is 245 Å². The molecule has 3 aromatic carbocycles. The van der Waals surface area contributed by atoms with Gasteiger partial charge in [-0.3, -0.25) is 53.2 Å². The topological polar surface area (TPSA) is 330 Å². The summed E-state index contributed by atoms with van der Waals surface area (Å²) in [4.78, 5) is 120. The normalized spacial score (nSPS) is 18.9. The predicted octanol–water partition coefficient (Wildman–Crippen LogP) is 8.10. The second-order valence-corrected chi connectivity index (χ2v) is 28.4. The standard InChI is InChI=1S/C80H109N9O20/c1-53(2)75(86-73(91)21-26-100-28-30-102-32-34-104-36-38-106-40-41-107-39-37-105-35-33-103-31-29-101-27-22-81-72(90)20-23-87-74(92)46-63(78(87)95)57-12-9-7-6-8-10-13-57)77(94)84-54(3)76(93)85-60-18-16-56(17-19-60)59-43-62-50-83-67-48-71(69(99-5)45-65(67)80(97)89(62)52-59)109-25-11-24-108-70-47-66-64(44-68(70)98-4)79(96)88-51-58(55-14-15-55)42-61(88)49-82-66/h16-19,44-45,47-55,57,61-63,75H,6-15,20-43,46H2,1-5H3,(H,81,90)(H,84,94)(H,85,93)(H,86,91)/t54-,61-,62-,63?,75?/m0/s1. The van der Waals surface area contributed by atoms with Gasteiger partial charge in [0.2, 0.25) is 35.4 Å². The molecule has 4 N–H and O–H groups in total. The van der Waals surface area contributed by atoms with Crippen molar-refractivity contribution in [3.63, 3.8) is 0 Å². The Hall–Kier alpha value is -8.68. The van der Waals surface area contributed by atoms with Gasteiger partial charge in [-0.1, -0.05) is 58.1 Å². The Balaban J connectivity index is 0.506. The van der Waals surface area contributed by atoms with Crippen LogP contribution in [0.15, 0.2) is 76.5 Å². The van der Waals surface area contributed by atoms with E-state index in [1.54, 1.807) is 73.2 Å². The van der Waals surface area contributed by atoms with Gasteiger partial charge in [-0.25, -0.2) is 0 Å². The molecule has 5 atom stereocenters. The highest BCUT2D eigenvalue weighted by Crippen LogP contribution is 2.45. The summed E-state index contributed by atoms with van der Waals surface area (Å²) < 4.78 is 68.1. The van der Waals surface area contributed by atoms with E-state index in [1.807, 2.05) is 30.7 Å². The molecule has 109 heavy (non-hydrogen) atoms. The maximum absolute atomic E-state index is 14.2. The van der Waals surface area contributed by atoms with Crippen molar-refractivity contribution in [1.29, 1.82) is 0 Å². The number of hydrogen-bond acceptors (Lipinski definition) is 22. The highest BCUT2D eigenvalue weighted by molar-refractivity contribution is 6.07. The van der Waals surface area contributed by atoms with Crippen LogP contribution in [0.4, 0.5) is 17.1 Å². The first-order valence-electron chi connectivity index (χ1n) is 38.7. The fourth-order valence-corrected chi connectivity index (χ4v) is 13.9. The van der Waals surface area contributed by atoms with Gasteiger partial charge in [0.1, 0.15) is 12.1 Å². The molecule has 594 valence electrons. The first kappa shape index (κ1) is 82.8. The second kappa shape index (κ2) is 43.1. The van der Waals surface area contributed by atoms with Gasteiger partial charge in [0.25, 0.3) is 11.8 Å². The number of benzene rings is 3. The van der Waals surface area contributed by atoms with Gasteiger partial charge in [0.05, 0.1) is 174 Å². The van der Waals surface area contributed by atoms with Crippen LogP contribution in [0.5, 0.6) is 23.0 Å². The molecular weight excluding hydrogens is 1410 g/mol. The van der Waals surface area contributed by atoms with Crippen molar-refractivity contribution < 1.29 is 95.2 Å². The summed E-state index contributed by atoms with van der Waals surface area (Å²) in [5.74, 6) is -0.161. The molecule has 10 rings (SSSR count). The van der Waals surface area contributed by atoms with Gasteiger partial charge in [0.15, 0.2) is 23.0 Å². The Labute approximate surface area is 638 Å². The maximum atomic E-state index is 14.2. The van der Waals surface area contributed by atoms with Crippen LogP contribution in [0.1, 0.15) is 143 Å². The highest BCUT2D eigenvalue weighted by Gasteiger charge is 2.43. The third kappa shape index (κ3) is 24.7. The van der Waals surface area contributed by atoms with Gasteiger partial charge < -0.3 is 87.9 Å². The third-order valence-corrected chi connectivity index (χ3v) is 20.1. The SMILES string of the molecule is COc1cc2c(cc1OCCCOc1cc3c(cc1OC)C(=O)N1C=C(C4CC4)C[C@H]1C=N3)N=C[C@@H]1CC(c3ccc(NC(=O)[C@H](C)NC(=O)C(NC(=O)CCOCCOCCOCCOCCOCCOCCOCCOCCNC(=O)CCN4C(=O)CC(C5CCCCCCC5)C4=O)C(C)C)cc3)=CN1C2=O. The molecule has 3 aromatic rings. The summed E-state index contributed by atoms with van der Waals surface area (Å²) in [6, 6.07) is 11.7. The molecule has 7 aliphatic rings. The Bertz CT molecular complexity index is 3690. The van der Waals surface area contributed by atoms with Crippen LogP contribution < -0.4 is 40.2 Å². The number of carbonyl (C=O) groups excluding carboxylic acids is 8. The molecular formula is C80H109N9O20. The lowest BCUT2D eigenvalue weighted by Gasteiger charge is -2.24. The van der Waals surface area contributed by atoms with E-state index in [1.165, 1.54) is 56.8 Å². The first-order valence-corrected chi connectivity index (χ1v) is 38.7. The number of nitrogens with one attached hydrogen (secondary N) is 4. The molecule has 29 nitrogen and oxygen atoms in total. The Morgan fingerprint density at radius 1 is 0.523 bits per heavy atom. The minimum atomic E-state index is -0.938. The summed E-state index contributed by atoms with van der Waals surface area (Å²) >= 11 is 0. The van der Waals surface area contributed by atoms with E-state index in [4.69, 9.17) is 66.8 Å². The third-order valence-electron chi connectivity index (χ3n) is 20.1. The number of methoxy groups -OCH3 is 2. The number of anilines is 1. The Kier molecular flexibility index (Phi) is 32.7. The quantitative estimate of drug-likeness (QED) is 0.0306. The highest BCUT2D eigenvalue weighted by atomic mass is 16.6. The molecule has 8 amide bonds. The molecule has 5 aliphatic heterocycles. The summed E-state index contributed by atoms with van der Waals surface area (Å²) in [5.41, 5.74) is 5.34. The van der Waals surface area contributed by atoms with Crippen molar-refractivity contribution in [2.75, 3.05) is 152 Å². The monoisotopic (exact) mass is 1520 g/mol. The second-order valence-electron chi connectivity index (χ2n) is 28.4. The molecule has 0 spiro atoms. The predicted molar refractivity (Wildman–Crippen MR) is 405 cm³/mol. The van der Waals surface area contributed by atoms with Crippen molar-refractivity contribution in [3.8, 4) is 23.0 Å². The summed E-state index contributed by atoms with van der Waals surface area (Å²) in [7, 11) is 3.05. The smallest absolute Gasteiger partial charge is 0.260 e. The van der Waals surface area contributed by atoms with Gasteiger partial charge in [-0.05, 0) is 97.8 Å². The number of amides is 8. The average molecular weight is 1520 g/mol. The molecule has 0 radical (unpaired) electrons. The average Bonchev–Trinajstić information content (AvgIpc) is 1.63. The van der Waals surface area contributed by atoms with Gasteiger partial charge in [-0.15, -0.1) is 0 Å². The lowest BCUT2D eigenvalue weighted by Crippen LogP contribution is -2.53. The van der Waals surface area contributed by atoms with Crippen molar-refractivity contribution >= 4 is 82.3 Å². The van der Waals surface area contributed by atoms with Crippen LogP contribution in [0.3, 0.4) is 0 Å². The zero-order valence-electron chi connectivity index (χ0n) is 63.7. The van der Waals surface area contributed by atoms with Crippen LogP contribution in [0.25, 0.3) is 5.57 Å². The lowest BCUT2D eigenvalue weighted by molar-refractivity contribution is -0.140. The number of rotatable bonds is 47. The molecule has 3 fully saturated rings. The largest absolute Gasteiger partial charge is 0.493 e. The Morgan fingerprint density at radius 2 is 1.03 bits per heavy atom.